The zero-order chi connectivity index (χ0) is 97.5. The Bertz CT molecular complexity index is 3730. The molecule has 0 radical (unpaired) electrons. The average molecular weight is 2230 g/mol. The Morgan fingerprint density at radius 1 is 0.254 bits per heavy atom. The molecule has 2 aliphatic carbocycles. The first-order chi connectivity index (χ1) is 59.3. The van der Waals surface area contributed by atoms with Crippen LogP contribution in [-0.4, -0.2) is 52.9 Å². The first-order valence-electron chi connectivity index (χ1n) is 38.1. The van der Waals surface area contributed by atoms with Gasteiger partial charge in [0.05, 0.1) is 72.4 Å². The van der Waals surface area contributed by atoms with Gasteiger partial charge in [-0.1, -0.05) is 224 Å². The second-order valence-electron chi connectivity index (χ2n) is 23.8. The van der Waals surface area contributed by atoms with Crippen molar-refractivity contribution < 1.29 is 193 Å². The maximum Gasteiger partial charge on any atom is 2.00 e. The van der Waals surface area contributed by atoms with Crippen molar-refractivity contribution in [2.24, 2.45) is 10.8 Å². The Kier molecular flexibility index (Phi) is 95.8. The second-order valence-corrected chi connectivity index (χ2v) is 33.4. The number of benzene rings is 8. The summed E-state index contributed by atoms with van der Waals surface area (Å²) in [6.45, 7) is 14.6. The third-order valence-corrected chi connectivity index (χ3v) is 25.5. The molecule has 18 nitrogen and oxygen atoms in total. The molecule has 2 saturated carbocycles. The Labute approximate surface area is 813 Å². The molecule has 2 N–H and O–H groups in total. The number of halogens is 16. The van der Waals surface area contributed by atoms with Gasteiger partial charge >= 0.3 is 113 Å². The average Bonchev–Trinajstić information content (AvgIpc) is 0.790. The van der Waals surface area contributed by atoms with E-state index in [2.05, 4.69) is 252 Å². The van der Waals surface area contributed by atoms with Crippen LogP contribution >= 0.6 is 32.3 Å². The monoisotopic (exact) mass is 2240 g/mol. The summed E-state index contributed by atoms with van der Waals surface area (Å²) in [4.78, 5) is 49.1. The predicted molar refractivity (Wildman–Crippen MR) is 469 cm³/mol. The summed E-state index contributed by atoms with van der Waals surface area (Å²) in [7, 11) is -28.4. The molecule has 0 heterocycles. The molecule has 2 fully saturated rings. The molecule has 0 bridgehead atoms. The molecule has 0 atom stereocenters. The van der Waals surface area contributed by atoms with Crippen LogP contribution in [0.3, 0.4) is 0 Å². The van der Waals surface area contributed by atoms with Crippen molar-refractivity contribution in [1.82, 2.24) is 9.72 Å². The van der Waals surface area contributed by atoms with Gasteiger partial charge in [0.15, 0.2) is 32.3 Å². The largest absolute Gasteiger partial charge is 2.00 e. The quantitative estimate of drug-likeness (QED) is 0.0393. The minimum absolute atomic E-state index is 0. The molecule has 8 aromatic rings. The van der Waals surface area contributed by atoms with Gasteiger partial charge in [0.1, 0.15) is 42.4 Å². The number of hydrogen-bond donors (Lipinski definition) is 2. The van der Waals surface area contributed by atoms with Crippen LogP contribution in [0.15, 0.2) is 243 Å². The number of carbonyl (C=O) groups is 4. The van der Waals surface area contributed by atoms with Crippen LogP contribution in [-0.2, 0) is 103 Å². The van der Waals surface area contributed by atoms with Gasteiger partial charge in [-0.05, 0) is 123 Å². The predicted octanol–water partition coefficient (Wildman–Crippen LogP) is 16.1. The third kappa shape index (κ3) is 81.1. The first kappa shape index (κ1) is 142. The summed E-state index contributed by atoms with van der Waals surface area (Å²) < 4.78 is 156. The van der Waals surface area contributed by atoms with Crippen molar-refractivity contribution in [2.75, 3.05) is 0 Å². The van der Waals surface area contributed by atoms with Crippen LogP contribution in [0.25, 0.3) is 0 Å². The summed E-state index contributed by atoms with van der Waals surface area (Å²) in [6, 6.07) is 102. The molecular formula is C84H98B4F16Mo4N10O8P4+4. The first-order valence-corrected chi connectivity index (χ1v) is 44.1. The summed E-state index contributed by atoms with van der Waals surface area (Å²) in [5.41, 5.74) is -3.33. The van der Waals surface area contributed by atoms with E-state index in [1.54, 1.807) is 0 Å². The van der Waals surface area contributed by atoms with Crippen LogP contribution in [0.1, 0.15) is 145 Å². The summed E-state index contributed by atoms with van der Waals surface area (Å²) in [6.07, 6.45) is 6.86. The number of nitrogens with one attached hydrogen (secondary N) is 2. The standard InChI is InChI=1S/2C24H21NP2.2C6H8O4.8C3H5N.4BF4.4Mo/c2*1-5-13-21(14-6-1)26(22-15-7-2-8-16-22)25-27(23-17-9-3-10-18-23)24-19-11-4-12-20-24;2*7-4(8)6(5(9)10)2-1-3-6;8*1-2-3-4;4*2-1(3,4)5;;;;/h2*1-20,25H;2*1-3H2,(H,7,8)(H,9,10);8*2H2,1H3;;;;;;;;/q;;;;;;;;;;;;4*-1;4*+2. The van der Waals surface area contributed by atoms with Crippen LogP contribution in [0.4, 0.5) is 69.1 Å². The van der Waals surface area contributed by atoms with E-state index in [0.717, 1.165) is 0 Å². The number of aliphatic carboxylic acids is 4. The number of carboxylic acid groups (broad SMARTS) is 4. The zero-order valence-corrected chi connectivity index (χ0v) is 83.9. The van der Waals surface area contributed by atoms with Gasteiger partial charge in [0.2, 0.25) is 0 Å². The van der Waals surface area contributed by atoms with E-state index in [-0.39, 0.29) is 110 Å². The SMILES string of the molecule is CCC#N.CCC#N.CCC#N.CCC#N.CCC#N.CCC#N.CCC#N.CCC#N.F[B-](F)(F)F.F[B-](F)(F)F.F[B-](F)(F)F.F[B-](F)(F)F.O=C([O-])C1(C(=O)[O-])CCC1.O=C([O-])C1(C(=O)[O-])CCC1.[Mo+2].[Mo+2].[Mo+2].[Mo+2].c1ccc([PH+](N[PH+](c2ccccc2)c2ccccc2)c2ccccc2)cc1.c1ccc([PH+](N[PH+](c2ccccc2)c2ccccc2)c2ccccc2)cc1. The molecule has 0 aliphatic heterocycles. The van der Waals surface area contributed by atoms with E-state index in [4.69, 9.17) is 42.1 Å². The Morgan fingerprint density at radius 2 is 0.338 bits per heavy atom. The molecule has 2 aliphatic rings. The van der Waals surface area contributed by atoms with Gasteiger partial charge < -0.3 is 109 Å². The maximum absolute atomic E-state index is 10.2. The minimum atomic E-state index is -6.00. The van der Waals surface area contributed by atoms with E-state index in [1.165, 1.54) is 42.4 Å². The number of nitrogens with zero attached hydrogens (tertiary/aromatic N) is 8. The van der Waals surface area contributed by atoms with E-state index in [0.29, 0.717) is 64.2 Å². The molecule has 0 spiro atoms. The smallest absolute Gasteiger partial charge is 0.549 e. The number of nitriles is 8. The van der Waals surface area contributed by atoms with E-state index in [1.807, 2.05) is 104 Å². The molecule has 696 valence electrons. The number of carbonyl (C=O) groups excluding carboxylic acids is 4. The second kappa shape index (κ2) is 88.0. The van der Waals surface area contributed by atoms with Crippen LogP contribution in [0.5, 0.6) is 0 Å². The van der Waals surface area contributed by atoms with Crippen LogP contribution in [0, 0.1) is 101 Å². The van der Waals surface area contributed by atoms with Crippen molar-refractivity contribution in [3.8, 4) is 48.6 Å². The summed E-state index contributed by atoms with van der Waals surface area (Å²) >= 11 is 0. The van der Waals surface area contributed by atoms with Crippen molar-refractivity contribution in [3.63, 3.8) is 0 Å². The molecule has 0 saturated heterocycles. The fraction of sp³-hybridized carbons (Fsp3) is 0.286. The minimum Gasteiger partial charge on any atom is -0.549 e. The fourth-order valence-corrected chi connectivity index (χ4v) is 20.5. The molecule has 46 heteroatoms. The molecule has 10 rings (SSSR count). The van der Waals surface area contributed by atoms with Gasteiger partial charge in [-0.15, -0.1) is 0 Å². The zero-order valence-electron chi connectivity index (χ0n) is 71.8. The number of carboxylic acids is 4. The van der Waals surface area contributed by atoms with Crippen molar-refractivity contribution in [3.05, 3.63) is 243 Å². The third-order valence-electron chi connectivity index (χ3n) is 14.2. The fourth-order valence-electron chi connectivity index (χ4n) is 8.38. The van der Waals surface area contributed by atoms with Crippen molar-refractivity contribution >= 4 is 128 Å². The maximum atomic E-state index is 10.2. The van der Waals surface area contributed by atoms with E-state index in [9.17, 15) is 109 Å². The summed E-state index contributed by atoms with van der Waals surface area (Å²) in [5, 5.41) is 113. The molecular weight excluding hydrogens is 2130 g/mol. The Hall–Kier alpha value is -8.91. The molecule has 8 aromatic carbocycles. The van der Waals surface area contributed by atoms with E-state index >= 15 is 0 Å². The van der Waals surface area contributed by atoms with E-state index < -0.39 is 96.0 Å². The Morgan fingerprint density at radius 3 is 0.385 bits per heavy atom. The van der Waals surface area contributed by atoms with Crippen LogP contribution < -0.4 is 72.6 Å². The molecule has 0 unspecified atom stereocenters. The summed E-state index contributed by atoms with van der Waals surface area (Å²) in [5.74, 6) is -6.06. The number of rotatable bonds is 16. The molecule has 0 aromatic heterocycles. The van der Waals surface area contributed by atoms with Gasteiger partial charge in [0.25, 0.3) is 0 Å². The van der Waals surface area contributed by atoms with Crippen molar-refractivity contribution in [2.45, 2.75) is 145 Å². The topological polar surface area (TPSA) is 375 Å². The Balaban J connectivity index is -0.000000160. The molecule has 130 heavy (non-hydrogen) atoms. The van der Waals surface area contributed by atoms with Gasteiger partial charge in [-0.3, -0.25) is 0 Å². The van der Waals surface area contributed by atoms with Gasteiger partial charge in [-0.2, -0.15) is 42.1 Å². The van der Waals surface area contributed by atoms with Crippen molar-refractivity contribution in [1.29, 1.82) is 42.1 Å². The van der Waals surface area contributed by atoms with Crippen LogP contribution in [0.2, 0.25) is 0 Å². The number of hydrogen-bond acceptors (Lipinski definition) is 18. The normalized spacial score (nSPS) is 10.9. The van der Waals surface area contributed by atoms with Gasteiger partial charge in [0, 0.05) is 62.2 Å². The molecule has 0 amide bonds. The van der Waals surface area contributed by atoms with Gasteiger partial charge in [-0.25, -0.2) is 0 Å².